The lowest BCUT2D eigenvalue weighted by Crippen LogP contribution is -2.25. The van der Waals surface area contributed by atoms with Crippen LogP contribution < -0.4 is 10.6 Å². The molecule has 14 heavy (non-hydrogen) atoms. The zero-order chi connectivity index (χ0) is 10.1. The van der Waals surface area contributed by atoms with Crippen molar-refractivity contribution in [3.8, 4) is 0 Å². The van der Waals surface area contributed by atoms with Gasteiger partial charge in [-0.1, -0.05) is 0 Å². The first-order chi connectivity index (χ1) is 6.66. The van der Waals surface area contributed by atoms with E-state index in [0.29, 0.717) is 24.6 Å². The summed E-state index contributed by atoms with van der Waals surface area (Å²) in [5.74, 6) is 0.842. The van der Waals surface area contributed by atoms with E-state index in [1.54, 1.807) is 6.07 Å². The summed E-state index contributed by atoms with van der Waals surface area (Å²) in [4.78, 5) is 20.7. The van der Waals surface area contributed by atoms with E-state index in [0.717, 1.165) is 0 Å². The van der Waals surface area contributed by atoms with E-state index < -0.39 is 0 Å². The van der Waals surface area contributed by atoms with Crippen LogP contribution in [0, 0.1) is 0 Å². The number of hydrogen-bond acceptors (Lipinski definition) is 4. The van der Waals surface area contributed by atoms with Gasteiger partial charge >= 0.3 is 0 Å². The molecule has 1 amide bonds. The molecular formula is C8H9ClN4O. The number of amides is 1. The molecule has 6 heteroatoms. The zero-order valence-corrected chi connectivity index (χ0v) is 8.11. The molecule has 0 bridgehead atoms. The Morgan fingerprint density at radius 2 is 2.36 bits per heavy atom. The fourth-order valence-corrected chi connectivity index (χ4v) is 1.66. The highest BCUT2D eigenvalue weighted by Crippen LogP contribution is 2.22. The molecule has 0 saturated carbocycles. The van der Waals surface area contributed by atoms with Gasteiger partial charge in [0.1, 0.15) is 18.0 Å². The lowest BCUT2D eigenvalue weighted by molar-refractivity contribution is -0.117. The number of aromatic nitrogens is 2. The highest BCUT2D eigenvalue weighted by molar-refractivity contribution is 6.24. The molecule has 1 fully saturated rings. The molecule has 1 aliphatic rings. The molecule has 1 atom stereocenters. The number of anilines is 2. The zero-order valence-electron chi connectivity index (χ0n) is 7.35. The van der Waals surface area contributed by atoms with E-state index in [9.17, 15) is 4.79 Å². The Bertz CT molecular complexity index is 370. The van der Waals surface area contributed by atoms with Crippen LogP contribution in [-0.4, -0.2) is 27.8 Å². The van der Waals surface area contributed by atoms with Gasteiger partial charge in [-0.25, -0.2) is 9.97 Å². The fourth-order valence-electron chi connectivity index (χ4n) is 1.39. The maximum atomic E-state index is 11.4. The molecule has 74 valence electrons. The second-order valence-corrected chi connectivity index (χ2v) is 3.72. The molecule has 2 N–H and O–H groups in total. The van der Waals surface area contributed by atoms with Crippen molar-refractivity contribution < 1.29 is 4.79 Å². The van der Waals surface area contributed by atoms with Crippen LogP contribution in [-0.2, 0) is 4.79 Å². The molecule has 0 spiro atoms. The Balaban J connectivity index is 2.27. The number of alkyl halides is 1. The van der Waals surface area contributed by atoms with E-state index in [4.69, 9.17) is 17.3 Å². The quantitative estimate of drug-likeness (QED) is 0.685. The average molecular weight is 213 g/mol. The highest BCUT2D eigenvalue weighted by atomic mass is 35.5. The lowest BCUT2D eigenvalue weighted by Gasteiger charge is -2.13. The standard InChI is InChI=1S/C8H9ClN4O/c9-5-1-8(14)13(3-5)7-2-6(10)11-4-12-7/h2,4-5H,1,3H2,(H2,10,11,12). The first-order valence-corrected chi connectivity index (χ1v) is 4.62. The topological polar surface area (TPSA) is 72.1 Å². The minimum atomic E-state index is -0.140. The average Bonchev–Trinajstić information content (AvgIpc) is 2.45. The molecule has 1 unspecified atom stereocenters. The molecule has 0 aliphatic carbocycles. The Morgan fingerprint density at radius 1 is 1.57 bits per heavy atom. The van der Waals surface area contributed by atoms with E-state index in [-0.39, 0.29) is 11.3 Å². The van der Waals surface area contributed by atoms with Crippen molar-refractivity contribution in [2.24, 2.45) is 0 Å². The number of nitrogens with zero attached hydrogens (tertiary/aromatic N) is 3. The number of halogens is 1. The summed E-state index contributed by atoms with van der Waals surface area (Å²) in [6, 6.07) is 1.56. The summed E-state index contributed by atoms with van der Waals surface area (Å²) in [5, 5.41) is -0.140. The van der Waals surface area contributed by atoms with E-state index >= 15 is 0 Å². The van der Waals surface area contributed by atoms with Gasteiger partial charge in [-0.15, -0.1) is 11.6 Å². The Hall–Kier alpha value is -1.36. The van der Waals surface area contributed by atoms with E-state index in [2.05, 4.69) is 9.97 Å². The normalized spacial score (nSPS) is 21.6. The summed E-state index contributed by atoms with van der Waals surface area (Å²) in [6.45, 7) is 0.483. The number of carbonyl (C=O) groups is 1. The van der Waals surface area contributed by atoms with Crippen LogP contribution in [0.5, 0.6) is 0 Å². The van der Waals surface area contributed by atoms with Gasteiger partial charge in [0.15, 0.2) is 0 Å². The van der Waals surface area contributed by atoms with E-state index in [1.165, 1.54) is 11.2 Å². The van der Waals surface area contributed by atoms with Crippen LogP contribution in [0.4, 0.5) is 11.6 Å². The van der Waals surface area contributed by atoms with Crippen molar-refractivity contribution in [3.05, 3.63) is 12.4 Å². The van der Waals surface area contributed by atoms with Gasteiger partial charge in [0, 0.05) is 19.0 Å². The molecule has 0 radical (unpaired) electrons. The minimum absolute atomic E-state index is 0.0249. The van der Waals surface area contributed by atoms with Crippen molar-refractivity contribution in [1.29, 1.82) is 0 Å². The minimum Gasteiger partial charge on any atom is -0.384 e. The molecule has 1 saturated heterocycles. The summed E-state index contributed by atoms with van der Waals surface area (Å²) in [6.07, 6.45) is 1.69. The predicted molar refractivity (Wildman–Crippen MR) is 53.1 cm³/mol. The number of nitrogens with two attached hydrogens (primary N) is 1. The lowest BCUT2D eigenvalue weighted by atomic mass is 10.4. The van der Waals surface area contributed by atoms with Gasteiger partial charge in [0.2, 0.25) is 5.91 Å². The van der Waals surface area contributed by atoms with Gasteiger partial charge in [-0.05, 0) is 0 Å². The maximum Gasteiger partial charge on any atom is 0.229 e. The second-order valence-electron chi connectivity index (χ2n) is 3.11. The van der Waals surface area contributed by atoms with Crippen molar-refractivity contribution >= 4 is 29.1 Å². The van der Waals surface area contributed by atoms with Crippen LogP contribution in [0.15, 0.2) is 12.4 Å². The van der Waals surface area contributed by atoms with Crippen LogP contribution >= 0.6 is 11.6 Å². The Labute approximate surface area is 85.9 Å². The molecule has 0 aromatic carbocycles. The van der Waals surface area contributed by atoms with Crippen molar-refractivity contribution in [1.82, 2.24) is 9.97 Å². The smallest absolute Gasteiger partial charge is 0.229 e. The first kappa shape index (κ1) is 9.21. The van der Waals surface area contributed by atoms with Gasteiger partial charge in [-0.3, -0.25) is 9.69 Å². The van der Waals surface area contributed by atoms with Crippen LogP contribution in [0.2, 0.25) is 0 Å². The number of hydrogen-bond donors (Lipinski definition) is 1. The number of rotatable bonds is 1. The van der Waals surface area contributed by atoms with Gasteiger partial charge < -0.3 is 5.73 Å². The van der Waals surface area contributed by atoms with Crippen LogP contribution in [0.25, 0.3) is 0 Å². The third-order valence-electron chi connectivity index (χ3n) is 2.03. The van der Waals surface area contributed by atoms with Gasteiger partial charge in [-0.2, -0.15) is 0 Å². The monoisotopic (exact) mass is 212 g/mol. The molecule has 1 aromatic heterocycles. The fraction of sp³-hybridized carbons (Fsp3) is 0.375. The molecule has 2 heterocycles. The number of carbonyl (C=O) groups excluding carboxylic acids is 1. The van der Waals surface area contributed by atoms with Crippen molar-refractivity contribution in [3.63, 3.8) is 0 Å². The Morgan fingerprint density at radius 3 is 2.93 bits per heavy atom. The van der Waals surface area contributed by atoms with Crippen molar-refractivity contribution in [2.45, 2.75) is 11.8 Å². The van der Waals surface area contributed by atoms with E-state index in [1.807, 2.05) is 0 Å². The number of nitrogen functional groups attached to an aromatic ring is 1. The molecule has 1 aromatic rings. The highest BCUT2D eigenvalue weighted by Gasteiger charge is 2.29. The maximum absolute atomic E-state index is 11.4. The third kappa shape index (κ3) is 1.63. The molecule has 1 aliphatic heterocycles. The predicted octanol–water partition coefficient (Wildman–Crippen LogP) is 0.403. The van der Waals surface area contributed by atoms with Crippen LogP contribution in [0.3, 0.4) is 0 Å². The summed E-state index contributed by atoms with van der Waals surface area (Å²) >= 11 is 5.85. The Kier molecular flexibility index (Phi) is 2.25. The van der Waals surface area contributed by atoms with Crippen LogP contribution in [0.1, 0.15) is 6.42 Å². The van der Waals surface area contributed by atoms with Gasteiger partial charge in [0.25, 0.3) is 0 Å². The molecule has 5 nitrogen and oxygen atoms in total. The first-order valence-electron chi connectivity index (χ1n) is 4.19. The third-order valence-corrected chi connectivity index (χ3v) is 2.32. The largest absolute Gasteiger partial charge is 0.384 e. The molecule has 2 rings (SSSR count). The summed E-state index contributed by atoms with van der Waals surface area (Å²) in [5.41, 5.74) is 5.48. The summed E-state index contributed by atoms with van der Waals surface area (Å²) in [7, 11) is 0. The molecular weight excluding hydrogens is 204 g/mol. The van der Waals surface area contributed by atoms with Gasteiger partial charge in [0.05, 0.1) is 5.38 Å². The SMILES string of the molecule is Nc1cc(N2CC(Cl)CC2=O)ncn1. The second kappa shape index (κ2) is 3.42. The van der Waals surface area contributed by atoms with Crippen molar-refractivity contribution in [2.75, 3.05) is 17.2 Å². The summed E-state index contributed by atoms with van der Waals surface area (Å²) < 4.78 is 0.